The van der Waals surface area contributed by atoms with Crippen LogP contribution >= 0.6 is 0 Å². The smallest absolute Gasteiger partial charge is 0.277 e. The molecule has 2 amide bonds. The van der Waals surface area contributed by atoms with Crippen LogP contribution in [0.25, 0.3) is 5.57 Å². The van der Waals surface area contributed by atoms with Crippen molar-refractivity contribution in [2.24, 2.45) is 0 Å². The number of carbonyl (C=O) groups excluding carboxylic acids is 2. The molecule has 0 unspecified atom stereocenters. The molecule has 0 spiro atoms. The monoisotopic (exact) mass is 410 g/mol. The molecule has 0 bridgehead atoms. The van der Waals surface area contributed by atoms with Crippen LogP contribution in [0.1, 0.15) is 11.1 Å². The number of carbonyl (C=O) groups is 2. The molecule has 7 heteroatoms. The summed E-state index contributed by atoms with van der Waals surface area (Å²) in [5.74, 6) is 0.358. The molecule has 2 aromatic rings. The number of benzene rings is 2. The lowest BCUT2D eigenvalue weighted by Crippen LogP contribution is -2.36. The number of hydrogen-bond acceptors (Lipinski definition) is 6. The fraction of sp³-hybridized carbons (Fsp3) is 0.304. The van der Waals surface area contributed by atoms with Crippen LogP contribution in [-0.4, -0.2) is 63.1 Å². The highest BCUT2D eigenvalue weighted by molar-refractivity contribution is 6.35. The van der Waals surface area contributed by atoms with E-state index in [2.05, 4.69) is 0 Å². The highest BCUT2D eigenvalue weighted by Crippen LogP contribution is 2.36. The Morgan fingerprint density at radius 3 is 2.23 bits per heavy atom. The van der Waals surface area contributed by atoms with Crippen molar-refractivity contribution >= 4 is 17.4 Å². The summed E-state index contributed by atoms with van der Waals surface area (Å²) < 4.78 is 15.8. The molecule has 2 aromatic carbocycles. The zero-order valence-electron chi connectivity index (χ0n) is 17.7. The first-order chi connectivity index (χ1) is 14.5. The van der Waals surface area contributed by atoms with Crippen molar-refractivity contribution in [3.05, 3.63) is 65.4 Å². The van der Waals surface area contributed by atoms with Gasteiger partial charge in [0.2, 0.25) is 0 Å². The third kappa shape index (κ3) is 4.16. The summed E-state index contributed by atoms with van der Waals surface area (Å²) in [5.41, 5.74) is 2.33. The lowest BCUT2D eigenvalue weighted by molar-refractivity contribution is -0.138. The van der Waals surface area contributed by atoms with E-state index in [1.54, 1.807) is 25.3 Å². The van der Waals surface area contributed by atoms with E-state index in [0.717, 1.165) is 5.56 Å². The Labute approximate surface area is 176 Å². The number of imide groups is 1. The van der Waals surface area contributed by atoms with Crippen molar-refractivity contribution in [2.75, 3.05) is 41.5 Å². The zero-order chi connectivity index (χ0) is 21.7. The Balaban J connectivity index is 2.06. The molecule has 0 atom stereocenters. The summed E-state index contributed by atoms with van der Waals surface area (Å²) in [4.78, 5) is 29.5. The summed E-state index contributed by atoms with van der Waals surface area (Å²) in [6.07, 6.45) is 0. The number of amides is 2. The molecule has 0 aliphatic carbocycles. The van der Waals surface area contributed by atoms with Crippen LogP contribution in [0.2, 0.25) is 0 Å². The Bertz CT molecular complexity index is 955. The summed E-state index contributed by atoms with van der Waals surface area (Å²) in [7, 11) is 6.43. The molecule has 0 fully saturated rings. The third-order valence-corrected chi connectivity index (χ3v) is 4.98. The molecular weight excluding hydrogens is 384 g/mol. The van der Waals surface area contributed by atoms with Crippen molar-refractivity contribution in [3.63, 3.8) is 0 Å². The van der Waals surface area contributed by atoms with E-state index in [1.165, 1.54) is 19.1 Å². The van der Waals surface area contributed by atoms with Crippen LogP contribution in [0.5, 0.6) is 11.5 Å². The SMILES string of the molecule is COCCN1C(=O)C(c2ccc(OC)c(OC)c2)=C(N(C)Cc2ccccc2)C1=O. The van der Waals surface area contributed by atoms with Gasteiger partial charge in [-0.2, -0.15) is 0 Å². The van der Waals surface area contributed by atoms with Gasteiger partial charge in [-0.15, -0.1) is 0 Å². The molecule has 0 saturated carbocycles. The van der Waals surface area contributed by atoms with Gasteiger partial charge in [-0.25, -0.2) is 0 Å². The molecule has 1 aliphatic heterocycles. The minimum Gasteiger partial charge on any atom is -0.493 e. The fourth-order valence-corrected chi connectivity index (χ4v) is 3.49. The van der Waals surface area contributed by atoms with E-state index in [1.807, 2.05) is 42.3 Å². The van der Waals surface area contributed by atoms with Crippen LogP contribution in [0.15, 0.2) is 54.2 Å². The van der Waals surface area contributed by atoms with Crippen LogP contribution in [-0.2, 0) is 20.9 Å². The van der Waals surface area contributed by atoms with Gasteiger partial charge in [-0.3, -0.25) is 14.5 Å². The first kappa shape index (κ1) is 21.4. The van der Waals surface area contributed by atoms with Crippen molar-refractivity contribution in [3.8, 4) is 11.5 Å². The summed E-state index contributed by atoms with van der Waals surface area (Å²) in [6, 6.07) is 15.0. The summed E-state index contributed by atoms with van der Waals surface area (Å²) in [5, 5.41) is 0. The highest BCUT2D eigenvalue weighted by Gasteiger charge is 2.40. The molecular formula is C23H26N2O5. The quantitative estimate of drug-likeness (QED) is 0.592. The minimum absolute atomic E-state index is 0.188. The van der Waals surface area contributed by atoms with Crippen molar-refractivity contribution < 1.29 is 23.8 Å². The zero-order valence-corrected chi connectivity index (χ0v) is 17.7. The fourth-order valence-electron chi connectivity index (χ4n) is 3.49. The Morgan fingerprint density at radius 1 is 0.900 bits per heavy atom. The van der Waals surface area contributed by atoms with Gasteiger partial charge >= 0.3 is 0 Å². The molecule has 1 aliphatic rings. The molecule has 0 saturated heterocycles. The summed E-state index contributed by atoms with van der Waals surface area (Å²) >= 11 is 0. The van der Waals surface area contributed by atoms with Crippen LogP contribution in [0.4, 0.5) is 0 Å². The predicted octanol–water partition coefficient (Wildman–Crippen LogP) is 2.56. The van der Waals surface area contributed by atoms with Gasteiger partial charge in [-0.1, -0.05) is 36.4 Å². The average Bonchev–Trinajstić information content (AvgIpc) is 3.02. The Hall–Kier alpha value is -3.32. The van der Waals surface area contributed by atoms with Crippen molar-refractivity contribution in [1.82, 2.24) is 9.80 Å². The standard InChI is InChI=1S/C23H26N2O5/c1-24(15-16-8-6-5-7-9-16)21-20(22(26)25(23(21)27)12-13-28-2)17-10-11-18(29-3)19(14-17)30-4/h5-11,14H,12-13,15H2,1-4H3. The van der Waals surface area contributed by atoms with Gasteiger partial charge in [0, 0.05) is 20.7 Å². The Kier molecular flexibility index (Phi) is 6.74. The van der Waals surface area contributed by atoms with Crippen molar-refractivity contribution in [1.29, 1.82) is 0 Å². The van der Waals surface area contributed by atoms with Crippen molar-refractivity contribution in [2.45, 2.75) is 6.54 Å². The number of hydrogen-bond donors (Lipinski definition) is 0. The first-order valence-corrected chi connectivity index (χ1v) is 9.58. The maximum absolute atomic E-state index is 13.2. The maximum Gasteiger partial charge on any atom is 0.277 e. The second-order valence-corrected chi connectivity index (χ2v) is 6.89. The molecule has 158 valence electrons. The van der Waals surface area contributed by atoms with E-state index in [-0.39, 0.29) is 25.0 Å². The number of ether oxygens (including phenoxy) is 3. The van der Waals surface area contributed by atoms with Gasteiger partial charge in [0.25, 0.3) is 11.8 Å². The molecule has 0 aromatic heterocycles. The van der Waals surface area contributed by atoms with Gasteiger partial charge in [-0.05, 0) is 23.3 Å². The number of methoxy groups -OCH3 is 3. The minimum atomic E-state index is -0.348. The topological polar surface area (TPSA) is 68.3 Å². The van der Waals surface area contributed by atoms with Crippen LogP contribution in [0.3, 0.4) is 0 Å². The first-order valence-electron chi connectivity index (χ1n) is 9.58. The third-order valence-electron chi connectivity index (χ3n) is 4.98. The molecule has 3 rings (SSSR count). The molecule has 1 heterocycles. The van der Waals surface area contributed by atoms with E-state index >= 15 is 0 Å². The van der Waals surface area contributed by atoms with Gasteiger partial charge in [0.15, 0.2) is 11.5 Å². The van der Waals surface area contributed by atoms with Crippen LogP contribution in [0, 0.1) is 0 Å². The second kappa shape index (κ2) is 9.45. The summed E-state index contributed by atoms with van der Waals surface area (Å²) in [6.45, 7) is 0.949. The van der Waals surface area contributed by atoms with Gasteiger partial charge in [0.1, 0.15) is 5.70 Å². The van der Waals surface area contributed by atoms with Gasteiger partial charge < -0.3 is 19.1 Å². The second-order valence-electron chi connectivity index (χ2n) is 6.89. The largest absolute Gasteiger partial charge is 0.493 e. The molecule has 7 nitrogen and oxygen atoms in total. The van der Waals surface area contributed by atoms with E-state index in [0.29, 0.717) is 34.9 Å². The predicted molar refractivity (Wildman–Crippen MR) is 113 cm³/mol. The lowest BCUT2D eigenvalue weighted by Gasteiger charge is -2.21. The number of nitrogens with zero attached hydrogens (tertiary/aromatic N) is 2. The number of rotatable bonds is 9. The lowest BCUT2D eigenvalue weighted by atomic mass is 10.0. The van der Waals surface area contributed by atoms with E-state index < -0.39 is 0 Å². The average molecular weight is 410 g/mol. The van der Waals surface area contributed by atoms with E-state index in [9.17, 15) is 9.59 Å². The Morgan fingerprint density at radius 2 is 1.60 bits per heavy atom. The maximum atomic E-state index is 13.2. The number of likely N-dealkylation sites (N-methyl/N-ethyl adjacent to an activating group) is 1. The molecule has 30 heavy (non-hydrogen) atoms. The molecule has 0 N–H and O–H groups in total. The normalized spacial score (nSPS) is 13.8. The highest BCUT2D eigenvalue weighted by atomic mass is 16.5. The van der Waals surface area contributed by atoms with E-state index in [4.69, 9.17) is 14.2 Å². The molecule has 0 radical (unpaired) electrons. The van der Waals surface area contributed by atoms with Gasteiger partial charge in [0.05, 0.1) is 32.9 Å². The van der Waals surface area contributed by atoms with Crippen LogP contribution < -0.4 is 9.47 Å².